The summed E-state index contributed by atoms with van der Waals surface area (Å²) < 4.78 is 0. The topological polar surface area (TPSA) is 42.2 Å². The summed E-state index contributed by atoms with van der Waals surface area (Å²) in [6, 6.07) is 0. The molecule has 0 aliphatic rings. The highest BCUT2D eigenvalue weighted by Gasteiger charge is 2.20. The van der Waals surface area contributed by atoms with Crippen LogP contribution in [-0.4, -0.2) is 30.0 Å². The van der Waals surface area contributed by atoms with E-state index in [1.54, 1.807) is 11.3 Å². The van der Waals surface area contributed by atoms with Crippen LogP contribution >= 0.6 is 11.3 Å². The molecular formula is C14H27N3S. The van der Waals surface area contributed by atoms with E-state index in [-0.39, 0.29) is 10.8 Å². The van der Waals surface area contributed by atoms with Gasteiger partial charge >= 0.3 is 0 Å². The maximum atomic E-state index is 5.77. The van der Waals surface area contributed by atoms with Crippen molar-refractivity contribution >= 4 is 11.3 Å². The predicted octanol–water partition coefficient (Wildman–Crippen LogP) is 2.86. The molecule has 0 amide bonds. The van der Waals surface area contributed by atoms with Crippen LogP contribution in [-0.2, 0) is 12.0 Å². The highest BCUT2D eigenvalue weighted by atomic mass is 32.1. The third-order valence-corrected chi connectivity index (χ3v) is 4.19. The largest absolute Gasteiger partial charge is 0.330 e. The second kappa shape index (κ2) is 5.68. The number of rotatable bonds is 5. The molecule has 1 aromatic rings. The standard InChI is InChI=1S/C14H27N3S/c1-13(2,3)12-16-11(8-18-12)7-17(6)10-14(4,5)9-15/h8H,7,9-10,15H2,1-6H3. The van der Waals surface area contributed by atoms with Gasteiger partial charge in [0.1, 0.15) is 0 Å². The fourth-order valence-electron chi connectivity index (χ4n) is 1.85. The molecule has 104 valence electrons. The van der Waals surface area contributed by atoms with Gasteiger partial charge in [-0.3, -0.25) is 4.90 Å². The van der Waals surface area contributed by atoms with Crippen molar-refractivity contribution in [3.8, 4) is 0 Å². The molecule has 0 atom stereocenters. The summed E-state index contributed by atoms with van der Waals surface area (Å²) >= 11 is 1.76. The van der Waals surface area contributed by atoms with Crippen molar-refractivity contribution in [2.75, 3.05) is 20.1 Å². The van der Waals surface area contributed by atoms with Crippen molar-refractivity contribution in [1.82, 2.24) is 9.88 Å². The van der Waals surface area contributed by atoms with Crippen LogP contribution in [0.4, 0.5) is 0 Å². The van der Waals surface area contributed by atoms with Crippen molar-refractivity contribution in [2.45, 2.75) is 46.6 Å². The van der Waals surface area contributed by atoms with Gasteiger partial charge in [0.25, 0.3) is 0 Å². The number of thiazole rings is 1. The number of hydrogen-bond acceptors (Lipinski definition) is 4. The molecule has 0 aliphatic carbocycles. The van der Waals surface area contributed by atoms with Gasteiger partial charge in [0.05, 0.1) is 10.7 Å². The Hall–Kier alpha value is -0.450. The smallest absolute Gasteiger partial charge is 0.0982 e. The van der Waals surface area contributed by atoms with E-state index in [1.807, 2.05) is 0 Å². The second-order valence-electron chi connectivity index (χ2n) is 6.93. The molecule has 0 bridgehead atoms. The molecule has 0 fully saturated rings. The molecule has 0 unspecified atom stereocenters. The van der Waals surface area contributed by atoms with Crippen LogP contribution in [0.5, 0.6) is 0 Å². The Morgan fingerprint density at radius 3 is 2.33 bits per heavy atom. The minimum Gasteiger partial charge on any atom is -0.330 e. The van der Waals surface area contributed by atoms with Gasteiger partial charge in [-0.25, -0.2) is 4.98 Å². The molecule has 3 nitrogen and oxygen atoms in total. The summed E-state index contributed by atoms with van der Waals surface area (Å²) in [6.45, 7) is 13.6. The Kier molecular flexibility index (Phi) is 4.92. The van der Waals surface area contributed by atoms with Crippen LogP contribution < -0.4 is 5.73 Å². The SMILES string of the molecule is CN(Cc1csc(C(C)(C)C)n1)CC(C)(C)CN. The zero-order valence-corrected chi connectivity index (χ0v) is 13.4. The lowest BCUT2D eigenvalue weighted by Crippen LogP contribution is -2.36. The molecular weight excluding hydrogens is 242 g/mol. The van der Waals surface area contributed by atoms with Crippen molar-refractivity contribution in [3.05, 3.63) is 16.1 Å². The van der Waals surface area contributed by atoms with Crippen molar-refractivity contribution < 1.29 is 0 Å². The molecule has 18 heavy (non-hydrogen) atoms. The van der Waals surface area contributed by atoms with E-state index in [2.05, 4.69) is 51.9 Å². The fraction of sp³-hybridized carbons (Fsp3) is 0.786. The van der Waals surface area contributed by atoms with Gasteiger partial charge < -0.3 is 5.73 Å². The van der Waals surface area contributed by atoms with E-state index in [0.29, 0.717) is 6.54 Å². The van der Waals surface area contributed by atoms with Gasteiger partial charge in [-0.2, -0.15) is 0 Å². The zero-order chi connectivity index (χ0) is 14.0. The molecule has 0 spiro atoms. The third-order valence-electron chi connectivity index (χ3n) is 2.88. The Morgan fingerprint density at radius 1 is 1.28 bits per heavy atom. The molecule has 4 heteroatoms. The molecule has 0 saturated heterocycles. The molecule has 1 heterocycles. The van der Waals surface area contributed by atoms with Crippen LogP contribution in [0.25, 0.3) is 0 Å². The first-order valence-corrected chi connectivity index (χ1v) is 7.35. The summed E-state index contributed by atoms with van der Waals surface area (Å²) in [4.78, 5) is 7.02. The Morgan fingerprint density at radius 2 is 1.89 bits per heavy atom. The molecule has 0 aromatic carbocycles. The first kappa shape index (κ1) is 15.6. The number of hydrogen-bond donors (Lipinski definition) is 1. The predicted molar refractivity (Wildman–Crippen MR) is 80.0 cm³/mol. The van der Waals surface area contributed by atoms with Crippen LogP contribution in [0.2, 0.25) is 0 Å². The summed E-state index contributed by atoms with van der Waals surface area (Å²) in [7, 11) is 2.13. The van der Waals surface area contributed by atoms with Gasteiger partial charge in [-0.15, -0.1) is 11.3 Å². The van der Waals surface area contributed by atoms with E-state index in [4.69, 9.17) is 10.7 Å². The first-order chi connectivity index (χ1) is 8.14. The summed E-state index contributed by atoms with van der Waals surface area (Å²) in [5, 5.41) is 3.39. The molecule has 0 radical (unpaired) electrons. The van der Waals surface area contributed by atoms with Gasteiger partial charge in [-0.05, 0) is 19.0 Å². The lowest BCUT2D eigenvalue weighted by molar-refractivity contribution is 0.208. The minimum atomic E-state index is 0.151. The molecule has 2 N–H and O–H groups in total. The summed E-state index contributed by atoms with van der Waals surface area (Å²) in [6.07, 6.45) is 0. The maximum absolute atomic E-state index is 5.77. The van der Waals surface area contributed by atoms with E-state index in [1.165, 1.54) is 10.7 Å². The first-order valence-electron chi connectivity index (χ1n) is 6.47. The normalized spacial score (nSPS) is 13.3. The van der Waals surface area contributed by atoms with Crippen molar-refractivity contribution in [3.63, 3.8) is 0 Å². The monoisotopic (exact) mass is 269 g/mol. The molecule has 1 aromatic heterocycles. The van der Waals surface area contributed by atoms with Gasteiger partial charge in [0.2, 0.25) is 0 Å². The van der Waals surface area contributed by atoms with Gasteiger partial charge in [-0.1, -0.05) is 34.6 Å². The average Bonchev–Trinajstić information content (AvgIpc) is 2.64. The number of nitrogens with two attached hydrogens (primary N) is 1. The van der Waals surface area contributed by atoms with E-state index >= 15 is 0 Å². The molecule has 0 aliphatic heterocycles. The lowest BCUT2D eigenvalue weighted by atomic mass is 9.93. The quantitative estimate of drug-likeness (QED) is 0.894. The van der Waals surface area contributed by atoms with Gasteiger partial charge in [0.15, 0.2) is 0 Å². The lowest BCUT2D eigenvalue weighted by Gasteiger charge is -2.28. The Bertz CT molecular complexity index is 377. The second-order valence-corrected chi connectivity index (χ2v) is 7.79. The zero-order valence-electron chi connectivity index (χ0n) is 12.6. The van der Waals surface area contributed by atoms with Crippen molar-refractivity contribution in [1.29, 1.82) is 0 Å². The van der Waals surface area contributed by atoms with Crippen LogP contribution in [0, 0.1) is 5.41 Å². The van der Waals surface area contributed by atoms with Crippen molar-refractivity contribution in [2.24, 2.45) is 11.1 Å². The van der Waals surface area contributed by atoms with E-state index in [9.17, 15) is 0 Å². The Labute approximate surface area is 115 Å². The number of aromatic nitrogens is 1. The number of nitrogens with zero attached hydrogens (tertiary/aromatic N) is 2. The maximum Gasteiger partial charge on any atom is 0.0982 e. The Balaban J connectivity index is 2.60. The third kappa shape index (κ3) is 4.67. The van der Waals surface area contributed by atoms with Crippen LogP contribution in [0.1, 0.15) is 45.3 Å². The molecule has 1 rings (SSSR count). The fourth-order valence-corrected chi connectivity index (χ4v) is 2.75. The highest BCUT2D eigenvalue weighted by Crippen LogP contribution is 2.26. The highest BCUT2D eigenvalue weighted by molar-refractivity contribution is 7.09. The van der Waals surface area contributed by atoms with E-state index < -0.39 is 0 Å². The average molecular weight is 269 g/mol. The summed E-state index contributed by atoms with van der Waals surface area (Å²) in [5.41, 5.74) is 7.25. The van der Waals surface area contributed by atoms with E-state index in [0.717, 1.165) is 13.1 Å². The van der Waals surface area contributed by atoms with Crippen LogP contribution in [0.3, 0.4) is 0 Å². The van der Waals surface area contributed by atoms with Gasteiger partial charge in [0, 0.05) is 23.9 Å². The van der Waals surface area contributed by atoms with Crippen LogP contribution in [0.15, 0.2) is 5.38 Å². The minimum absolute atomic E-state index is 0.151. The molecule has 0 saturated carbocycles. The summed E-state index contributed by atoms with van der Waals surface area (Å²) in [5.74, 6) is 0.